The van der Waals surface area contributed by atoms with Gasteiger partial charge in [0.1, 0.15) is 24.0 Å². The van der Waals surface area contributed by atoms with Gasteiger partial charge in [0.15, 0.2) is 0 Å². The third-order valence-electron chi connectivity index (χ3n) is 15.8. The second-order valence-electron chi connectivity index (χ2n) is 21.7. The number of carbonyl (C=O) groups excluding carboxylic acids is 4. The van der Waals surface area contributed by atoms with Gasteiger partial charge in [0, 0.05) is 52.0 Å². The summed E-state index contributed by atoms with van der Waals surface area (Å²) in [5.74, 6) is -7.17. The third kappa shape index (κ3) is 13.4. The molecule has 0 aromatic heterocycles. The van der Waals surface area contributed by atoms with Crippen LogP contribution in [-0.4, -0.2) is 123 Å². The zero-order valence-corrected chi connectivity index (χ0v) is 45.3. The minimum absolute atomic E-state index is 0.00818. The van der Waals surface area contributed by atoms with E-state index >= 15 is 9.59 Å². The number of piperidine rings is 1. The Balaban J connectivity index is 1.97. The normalized spacial score (nSPS) is 36.4. The molecule has 13 unspecified atom stereocenters. The highest BCUT2D eigenvalue weighted by molar-refractivity contribution is 6.77. The molecule has 0 spiro atoms. The van der Waals surface area contributed by atoms with Crippen LogP contribution in [0.3, 0.4) is 0 Å². The number of hydrogen-bond donors (Lipinski definition) is 1. The summed E-state index contributed by atoms with van der Waals surface area (Å²) in [6.45, 7) is 27.1. The number of amides is 1. The van der Waals surface area contributed by atoms with E-state index in [0.717, 1.165) is 18.4 Å². The van der Waals surface area contributed by atoms with Crippen molar-refractivity contribution in [2.45, 2.75) is 223 Å². The quantitative estimate of drug-likeness (QED) is 0.0655. The lowest BCUT2D eigenvalue weighted by molar-refractivity contribution is -0.302. The molecular weight excluding hydrogens is 890 g/mol. The smallest absolute Gasteiger partial charge is 0.329 e. The molecule has 2 bridgehead atoms. The largest absolute Gasteiger partial charge is 0.456 e. The van der Waals surface area contributed by atoms with Crippen LogP contribution in [0.25, 0.3) is 0 Å². The fourth-order valence-electron chi connectivity index (χ4n) is 12.2. The fraction of sp³-hybridized carbons (Fsp3) is 0.811. The number of ketones is 2. The summed E-state index contributed by atoms with van der Waals surface area (Å²) in [6.07, 6.45) is 8.41. The molecule has 1 amide bonds. The van der Waals surface area contributed by atoms with Crippen molar-refractivity contribution in [1.29, 1.82) is 0 Å². The van der Waals surface area contributed by atoms with E-state index in [0.29, 0.717) is 50.5 Å². The number of cyclic esters (lactones) is 1. The highest BCUT2D eigenvalue weighted by atomic mass is 35.5. The average Bonchev–Trinajstić information content (AvgIpc) is 3.27. The summed E-state index contributed by atoms with van der Waals surface area (Å²) in [6, 6.07) is -1.13. The van der Waals surface area contributed by atoms with Gasteiger partial charge in [-0.15, -0.1) is 18.2 Å². The Labute approximate surface area is 409 Å². The molecule has 67 heavy (non-hydrogen) atoms. The molecule has 0 aromatic rings. The number of hydrogen-bond acceptors (Lipinski definition) is 11. The molecule has 3 heterocycles. The summed E-state index contributed by atoms with van der Waals surface area (Å²) in [7, 11) is 2.13. The molecule has 2 saturated heterocycles. The Bertz CT molecular complexity index is 1750. The molecule has 0 aromatic carbocycles. The van der Waals surface area contributed by atoms with Crippen LogP contribution in [0, 0.1) is 23.7 Å². The number of alkyl halides is 1. The predicted molar refractivity (Wildman–Crippen MR) is 266 cm³/mol. The number of rotatable bonds is 12. The van der Waals surface area contributed by atoms with Crippen LogP contribution >= 0.6 is 11.6 Å². The van der Waals surface area contributed by atoms with Crippen LogP contribution in [0.15, 0.2) is 36.0 Å². The van der Waals surface area contributed by atoms with Gasteiger partial charge in [-0.25, -0.2) is 4.79 Å². The number of carbonyl (C=O) groups is 4. The maximum atomic E-state index is 15.0. The van der Waals surface area contributed by atoms with E-state index in [4.69, 9.17) is 39.7 Å². The second-order valence-corrected chi connectivity index (χ2v) is 27.9. The average molecular weight is 979 g/mol. The van der Waals surface area contributed by atoms with Crippen molar-refractivity contribution in [3.8, 4) is 0 Å². The molecule has 3 fully saturated rings. The molecule has 4 rings (SSSR count). The van der Waals surface area contributed by atoms with E-state index in [2.05, 4.69) is 61.1 Å². The number of ether oxygens (including phenoxy) is 5. The van der Waals surface area contributed by atoms with E-state index in [1.165, 1.54) is 4.90 Å². The standard InChI is InChI=1S/C53H88ClNO11Si/c1-16-20-40-26-35(8)25-36(9)27-45(62-14)48-46(63-15)28-38(11)53(60,65-48)49(57)50(58)55-24-18-17-22-42(55)51(59)64-47(37(10)30-52(54)23-19-21-41(31-52)61-13)39(12)44(29-43(40)56)66-67(32(2)3,33(4)5)34(6)7/h16,26,30,32-34,36,38-42,44-48,60H,1,17-25,27-29,31H2,2-15H3. The molecule has 1 aliphatic carbocycles. The lowest BCUT2D eigenvalue weighted by atomic mass is 9.81. The topological polar surface area (TPSA) is 147 Å². The van der Waals surface area contributed by atoms with Crippen LogP contribution < -0.4 is 0 Å². The van der Waals surface area contributed by atoms with Gasteiger partial charge in [-0.1, -0.05) is 86.1 Å². The molecule has 0 radical (unpaired) electrons. The predicted octanol–water partition coefficient (Wildman–Crippen LogP) is 10.2. The van der Waals surface area contributed by atoms with Crippen molar-refractivity contribution in [2.75, 3.05) is 27.9 Å². The third-order valence-corrected chi connectivity index (χ3v) is 22.4. The summed E-state index contributed by atoms with van der Waals surface area (Å²) >= 11 is 7.45. The molecule has 12 nitrogen and oxygen atoms in total. The summed E-state index contributed by atoms with van der Waals surface area (Å²) in [5.41, 5.74) is 2.31. The number of fused-ring (bicyclic) bond motifs is 3. The first-order valence-corrected chi connectivity index (χ1v) is 27.9. The van der Waals surface area contributed by atoms with Crippen LogP contribution in [0.4, 0.5) is 0 Å². The first kappa shape index (κ1) is 57.3. The lowest BCUT2D eigenvalue weighted by Crippen LogP contribution is -2.64. The fourth-order valence-corrected chi connectivity index (χ4v) is 18.4. The van der Waals surface area contributed by atoms with Crippen molar-refractivity contribution in [3.05, 3.63) is 36.0 Å². The summed E-state index contributed by atoms with van der Waals surface area (Å²) < 4.78 is 38.4. The van der Waals surface area contributed by atoms with E-state index in [1.807, 2.05) is 26.8 Å². The van der Waals surface area contributed by atoms with E-state index in [9.17, 15) is 14.7 Å². The van der Waals surface area contributed by atoms with Crippen LogP contribution in [0.5, 0.6) is 0 Å². The molecule has 14 heteroatoms. The minimum atomic E-state index is -2.68. The Morgan fingerprint density at radius 3 is 2.13 bits per heavy atom. The van der Waals surface area contributed by atoms with Gasteiger partial charge in [0.05, 0.1) is 29.3 Å². The number of aliphatic hydroxyl groups is 1. The maximum Gasteiger partial charge on any atom is 0.329 e. The zero-order chi connectivity index (χ0) is 50.2. The lowest BCUT2D eigenvalue weighted by Gasteiger charge is -2.47. The first-order valence-electron chi connectivity index (χ1n) is 25.3. The number of nitrogens with zero attached hydrogens (tertiary/aromatic N) is 1. The van der Waals surface area contributed by atoms with Gasteiger partial charge in [-0.2, -0.15) is 0 Å². The number of methoxy groups -OCH3 is 3. The van der Waals surface area contributed by atoms with Gasteiger partial charge >= 0.3 is 5.97 Å². The van der Waals surface area contributed by atoms with E-state index < -0.39 is 91.0 Å². The van der Waals surface area contributed by atoms with Crippen molar-refractivity contribution < 1.29 is 52.4 Å². The molecule has 1 saturated carbocycles. The van der Waals surface area contributed by atoms with E-state index in [-0.39, 0.29) is 60.2 Å². The molecule has 382 valence electrons. The molecule has 1 N–H and O–H groups in total. The number of Topliss-reactive ketones (excluding diaryl/α,β-unsaturated/α-hetero) is 2. The van der Waals surface area contributed by atoms with Gasteiger partial charge in [0.2, 0.25) is 14.1 Å². The Kier molecular flexibility index (Phi) is 21.2. The van der Waals surface area contributed by atoms with Crippen LogP contribution in [-0.2, 0) is 47.3 Å². The van der Waals surface area contributed by atoms with Gasteiger partial charge < -0.3 is 38.1 Å². The van der Waals surface area contributed by atoms with Gasteiger partial charge in [-0.3, -0.25) is 14.4 Å². The zero-order valence-electron chi connectivity index (χ0n) is 43.6. The van der Waals surface area contributed by atoms with Crippen LogP contribution in [0.1, 0.15) is 153 Å². The first-order chi connectivity index (χ1) is 31.4. The summed E-state index contributed by atoms with van der Waals surface area (Å²) in [5, 5.41) is 12.3. The molecular formula is C53H88ClNO11Si. The highest BCUT2D eigenvalue weighted by Gasteiger charge is 2.57. The monoisotopic (exact) mass is 978 g/mol. The van der Waals surface area contributed by atoms with E-state index in [1.54, 1.807) is 34.3 Å². The maximum absolute atomic E-state index is 15.0. The van der Waals surface area contributed by atoms with Crippen LogP contribution in [0.2, 0.25) is 16.6 Å². The number of allylic oxidation sites excluding steroid dienone is 4. The molecule has 13 atom stereocenters. The minimum Gasteiger partial charge on any atom is -0.456 e. The van der Waals surface area contributed by atoms with Crippen molar-refractivity contribution in [1.82, 2.24) is 4.90 Å². The Morgan fingerprint density at radius 2 is 1.55 bits per heavy atom. The number of halogens is 1. The van der Waals surface area contributed by atoms with Crippen molar-refractivity contribution >= 4 is 43.4 Å². The van der Waals surface area contributed by atoms with Gasteiger partial charge in [0.25, 0.3) is 11.7 Å². The van der Waals surface area contributed by atoms with Crippen molar-refractivity contribution in [2.24, 2.45) is 23.7 Å². The second kappa shape index (κ2) is 24.7. The van der Waals surface area contributed by atoms with Crippen molar-refractivity contribution in [3.63, 3.8) is 0 Å². The SMILES string of the molecule is C=CCC1C=C(C)CC(C)CC(OC)C2OC(O)(C(=O)C(=O)N3CCCCC3C(=O)OC(C(C)=CC3(Cl)CCCC(OC)C3)C(C)C(O[Si](C(C)C)(C(C)C)C(C)C)CC1=O)C(C)CC2OC. The molecule has 3 aliphatic heterocycles. The molecule has 4 aliphatic rings. The Hall–Kier alpha value is -2.23. The Morgan fingerprint density at radius 1 is 0.925 bits per heavy atom. The highest BCUT2D eigenvalue weighted by Crippen LogP contribution is 2.46. The summed E-state index contributed by atoms with van der Waals surface area (Å²) in [4.78, 5) is 59.6. The van der Waals surface area contributed by atoms with Gasteiger partial charge in [-0.05, 0) is 113 Å². The number of esters is 1.